The third kappa shape index (κ3) is 8.95. The molecule has 0 radical (unpaired) electrons. The molecule has 39 heavy (non-hydrogen) atoms. The quantitative estimate of drug-likeness (QED) is 0.367. The lowest BCUT2D eigenvalue weighted by molar-refractivity contribution is -0.142. The molecule has 0 saturated carbocycles. The van der Waals surface area contributed by atoms with Gasteiger partial charge in [0, 0.05) is 44.7 Å². The Balaban J connectivity index is 1.18. The predicted octanol–water partition coefficient (Wildman–Crippen LogP) is 4.03. The van der Waals surface area contributed by atoms with Crippen LogP contribution >= 0.6 is 0 Å². The summed E-state index contributed by atoms with van der Waals surface area (Å²) in [6.45, 7) is 1.69. The molecule has 1 unspecified atom stereocenters. The van der Waals surface area contributed by atoms with Gasteiger partial charge in [0.2, 0.25) is 11.8 Å². The minimum absolute atomic E-state index is 0.122. The van der Waals surface area contributed by atoms with Gasteiger partial charge >= 0.3 is 5.97 Å². The number of aromatic nitrogens is 1. The van der Waals surface area contributed by atoms with Crippen LogP contribution in [0.15, 0.2) is 79.1 Å². The summed E-state index contributed by atoms with van der Waals surface area (Å²) in [7, 11) is 0. The molecule has 0 spiro atoms. The molecule has 0 bridgehead atoms. The second-order valence-corrected chi connectivity index (χ2v) is 9.96. The zero-order valence-electron chi connectivity index (χ0n) is 22.0. The molecule has 204 valence electrons. The van der Waals surface area contributed by atoms with Gasteiger partial charge in [-0.05, 0) is 66.1 Å². The fraction of sp³-hybridized carbons (Fsp3) is 0.355. The van der Waals surface area contributed by atoms with Crippen molar-refractivity contribution in [2.24, 2.45) is 5.92 Å². The van der Waals surface area contributed by atoms with E-state index in [9.17, 15) is 19.5 Å². The van der Waals surface area contributed by atoms with E-state index in [0.717, 1.165) is 29.5 Å². The number of likely N-dealkylation sites (tertiary alicyclic amines) is 1. The Morgan fingerprint density at radius 2 is 1.62 bits per heavy atom. The van der Waals surface area contributed by atoms with E-state index >= 15 is 0 Å². The zero-order valence-corrected chi connectivity index (χ0v) is 22.0. The molecular formula is C31H35N3O5. The Hall–Kier alpha value is -4.20. The van der Waals surface area contributed by atoms with E-state index < -0.39 is 12.0 Å². The number of carbonyl (C=O) groups is 3. The molecule has 2 aromatic carbocycles. The number of nitrogens with one attached hydrogen (secondary N) is 1. The Bertz CT molecular complexity index is 1210. The molecule has 4 rings (SSSR count). The third-order valence-electron chi connectivity index (χ3n) is 7.06. The smallest absolute Gasteiger partial charge is 0.326 e. The van der Waals surface area contributed by atoms with Gasteiger partial charge in [0.1, 0.15) is 18.4 Å². The lowest BCUT2D eigenvalue weighted by Gasteiger charge is -2.32. The van der Waals surface area contributed by atoms with Gasteiger partial charge in [-0.1, -0.05) is 42.5 Å². The summed E-state index contributed by atoms with van der Waals surface area (Å²) in [6, 6.07) is 19.9. The molecule has 1 aliphatic rings. The predicted molar refractivity (Wildman–Crippen MR) is 147 cm³/mol. The van der Waals surface area contributed by atoms with Crippen molar-refractivity contribution >= 4 is 17.8 Å². The van der Waals surface area contributed by atoms with Crippen molar-refractivity contribution in [2.45, 2.75) is 51.2 Å². The summed E-state index contributed by atoms with van der Waals surface area (Å²) < 4.78 is 5.79. The van der Waals surface area contributed by atoms with Crippen LogP contribution in [0.4, 0.5) is 0 Å². The highest BCUT2D eigenvalue weighted by Crippen LogP contribution is 2.22. The summed E-state index contributed by atoms with van der Waals surface area (Å²) in [5.74, 6) is -0.391. The van der Waals surface area contributed by atoms with Crippen molar-refractivity contribution in [1.29, 1.82) is 0 Å². The first kappa shape index (κ1) is 27.8. The molecule has 1 aromatic heterocycles. The first-order valence-corrected chi connectivity index (χ1v) is 13.4. The number of aliphatic carboxylic acids is 1. The molecule has 3 aromatic rings. The van der Waals surface area contributed by atoms with Gasteiger partial charge in [-0.25, -0.2) is 4.79 Å². The number of rotatable bonds is 12. The monoisotopic (exact) mass is 529 g/mol. The summed E-state index contributed by atoms with van der Waals surface area (Å²) >= 11 is 0. The lowest BCUT2D eigenvalue weighted by atomic mass is 9.92. The minimum atomic E-state index is -1.07. The Morgan fingerprint density at radius 3 is 2.28 bits per heavy atom. The van der Waals surface area contributed by atoms with Crippen molar-refractivity contribution in [3.8, 4) is 5.75 Å². The molecule has 2 amide bonds. The maximum Gasteiger partial charge on any atom is 0.326 e. The molecule has 1 aliphatic heterocycles. The van der Waals surface area contributed by atoms with Crippen molar-refractivity contribution in [1.82, 2.24) is 15.2 Å². The van der Waals surface area contributed by atoms with Crippen LogP contribution in [0.2, 0.25) is 0 Å². The number of pyridine rings is 1. The number of hydrogen-bond acceptors (Lipinski definition) is 5. The van der Waals surface area contributed by atoms with Crippen molar-refractivity contribution in [2.75, 3.05) is 13.1 Å². The summed E-state index contributed by atoms with van der Waals surface area (Å²) in [6.07, 6.45) is 6.50. The lowest BCUT2D eigenvalue weighted by Crippen LogP contribution is -2.44. The number of carbonyl (C=O) groups excluding carboxylic acids is 2. The van der Waals surface area contributed by atoms with Crippen LogP contribution in [0, 0.1) is 5.92 Å². The van der Waals surface area contributed by atoms with Gasteiger partial charge in [0.05, 0.1) is 0 Å². The number of carboxylic acid groups (broad SMARTS) is 1. The van der Waals surface area contributed by atoms with Gasteiger partial charge in [-0.15, -0.1) is 0 Å². The largest absolute Gasteiger partial charge is 0.489 e. The zero-order chi connectivity index (χ0) is 27.5. The summed E-state index contributed by atoms with van der Waals surface area (Å²) in [5, 5.41) is 12.4. The highest BCUT2D eigenvalue weighted by Gasteiger charge is 2.26. The Kier molecular flexibility index (Phi) is 10.1. The molecule has 2 N–H and O–H groups in total. The average Bonchev–Trinajstić information content (AvgIpc) is 2.96. The van der Waals surface area contributed by atoms with Gasteiger partial charge in [-0.3, -0.25) is 14.6 Å². The molecule has 1 atom stereocenters. The SMILES string of the molecule is O=C(CC1CCN(C(=O)CCc2ccncc2)CC1)NC(Cc1ccc(OCc2ccccc2)cc1)C(=O)O. The van der Waals surface area contributed by atoms with E-state index in [4.69, 9.17) is 4.74 Å². The van der Waals surface area contributed by atoms with Gasteiger partial charge in [-0.2, -0.15) is 0 Å². The Labute approximate surface area is 229 Å². The number of amides is 2. The van der Waals surface area contributed by atoms with Gasteiger partial charge in [0.25, 0.3) is 0 Å². The highest BCUT2D eigenvalue weighted by atomic mass is 16.5. The van der Waals surface area contributed by atoms with E-state index in [1.165, 1.54) is 0 Å². The van der Waals surface area contributed by atoms with Crippen LogP contribution < -0.4 is 10.1 Å². The van der Waals surface area contributed by atoms with Crippen LogP contribution in [0.25, 0.3) is 0 Å². The van der Waals surface area contributed by atoms with Crippen molar-refractivity contribution in [3.63, 3.8) is 0 Å². The van der Waals surface area contributed by atoms with Crippen LogP contribution in [0.5, 0.6) is 5.75 Å². The first-order chi connectivity index (χ1) is 19.0. The number of nitrogens with zero attached hydrogens (tertiary/aromatic N) is 2. The molecular weight excluding hydrogens is 494 g/mol. The van der Waals surface area contributed by atoms with E-state index in [-0.39, 0.29) is 30.6 Å². The molecule has 1 fully saturated rings. The van der Waals surface area contributed by atoms with Crippen LogP contribution in [-0.4, -0.2) is 51.9 Å². The molecule has 2 heterocycles. The number of ether oxygens (including phenoxy) is 1. The topological polar surface area (TPSA) is 109 Å². The first-order valence-electron chi connectivity index (χ1n) is 13.4. The molecule has 0 aliphatic carbocycles. The van der Waals surface area contributed by atoms with Gasteiger partial charge in [0.15, 0.2) is 0 Å². The second-order valence-electron chi connectivity index (χ2n) is 9.96. The standard InChI is InChI=1S/C31H35N3O5/c35-29(21-25-14-18-34(19-15-25)30(36)11-8-23-12-16-32-17-13-23)33-28(31(37)38)20-24-6-9-27(10-7-24)39-22-26-4-2-1-3-5-26/h1-7,9-10,12-13,16-17,25,28H,8,11,14-15,18-22H2,(H,33,35)(H,37,38). The van der Waals surface area contributed by atoms with Crippen LogP contribution in [0.3, 0.4) is 0 Å². The van der Waals surface area contributed by atoms with Crippen molar-refractivity contribution < 1.29 is 24.2 Å². The number of benzene rings is 2. The molecule has 8 heteroatoms. The fourth-order valence-corrected chi connectivity index (χ4v) is 4.76. The second kappa shape index (κ2) is 14.1. The fourth-order valence-electron chi connectivity index (χ4n) is 4.76. The maximum absolute atomic E-state index is 12.7. The summed E-state index contributed by atoms with van der Waals surface area (Å²) in [5.41, 5.74) is 2.95. The van der Waals surface area contributed by atoms with Gasteiger partial charge < -0.3 is 20.1 Å². The van der Waals surface area contributed by atoms with Crippen LogP contribution in [0.1, 0.15) is 42.4 Å². The van der Waals surface area contributed by atoms with E-state index in [1.807, 2.05) is 71.6 Å². The number of aryl methyl sites for hydroxylation is 1. The number of hydrogen-bond donors (Lipinski definition) is 2. The maximum atomic E-state index is 12.7. The van der Waals surface area contributed by atoms with Crippen LogP contribution in [-0.2, 0) is 33.8 Å². The minimum Gasteiger partial charge on any atom is -0.489 e. The van der Waals surface area contributed by atoms with E-state index in [1.54, 1.807) is 12.4 Å². The number of carboxylic acids is 1. The normalized spacial score (nSPS) is 14.4. The molecule has 8 nitrogen and oxygen atoms in total. The van der Waals surface area contributed by atoms with Crippen molar-refractivity contribution in [3.05, 3.63) is 95.8 Å². The highest BCUT2D eigenvalue weighted by molar-refractivity contribution is 5.84. The van der Waals surface area contributed by atoms with E-state index in [0.29, 0.717) is 38.3 Å². The summed E-state index contributed by atoms with van der Waals surface area (Å²) in [4.78, 5) is 43.0. The third-order valence-corrected chi connectivity index (χ3v) is 7.06. The Morgan fingerprint density at radius 1 is 0.923 bits per heavy atom. The van der Waals surface area contributed by atoms with E-state index in [2.05, 4.69) is 10.3 Å². The number of piperidine rings is 1. The molecule has 1 saturated heterocycles. The average molecular weight is 530 g/mol.